The van der Waals surface area contributed by atoms with Gasteiger partial charge in [-0.05, 0) is 24.6 Å². The molecule has 0 bridgehead atoms. The predicted octanol–water partition coefficient (Wildman–Crippen LogP) is 3.51. The molecule has 0 aliphatic carbocycles. The van der Waals surface area contributed by atoms with E-state index < -0.39 is 12.7 Å². The van der Waals surface area contributed by atoms with E-state index in [0.29, 0.717) is 31.0 Å². The zero-order chi connectivity index (χ0) is 17.7. The Morgan fingerprint density at radius 3 is 2.76 bits per heavy atom. The normalized spacial score (nSPS) is 18.8. The summed E-state index contributed by atoms with van der Waals surface area (Å²) in [6.07, 6.45) is -3.59. The molecule has 2 rings (SSSR count). The zero-order valence-electron chi connectivity index (χ0n) is 13.5. The summed E-state index contributed by atoms with van der Waals surface area (Å²) in [4.78, 5) is 5.40. The lowest BCUT2D eigenvalue weighted by Gasteiger charge is -2.20. The van der Waals surface area contributed by atoms with Gasteiger partial charge < -0.3 is 10.6 Å². The van der Waals surface area contributed by atoms with Crippen LogP contribution in [0, 0.1) is 5.82 Å². The average Bonchev–Trinajstić information content (AvgIpc) is 2.91. The minimum absolute atomic E-state index is 0. The number of alkyl halides is 3. The topological polar surface area (TPSA) is 39.7 Å². The Morgan fingerprint density at radius 2 is 2.12 bits per heavy atom. The molecule has 2 N–H and O–H groups in total. The molecule has 1 atom stereocenters. The zero-order valence-corrected chi connectivity index (χ0v) is 17.5. The van der Waals surface area contributed by atoms with Crippen LogP contribution in [0.4, 0.5) is 17.6 Å². The van der Waals surface area contributed by atoms with E-state index in [-0.39, 0.29) is 42.4 Å². The summed E-state index contributed by atoms with van der Waals surface area (Å²) in [5.41, 5.74) is 0.470. The van der Waals surface area contributed by atoms with Crippen molar-refractivity contribution in [2.75, 3.05) is 26.7 Å². The molecule has 4 nitrogen and oxygen atoms in total. The monoisotopic (exact) mass is 538 g/mol. The molecule has 1 fully saturated rings. The first-order valence-corrected chi connectivity index (χ1v) is 8.26. The van der Waals surface area contributed by atoms with Crippen molar-refractivity contribution in [3.8, 4) is 0 Å². The summed E-state index contributed by atoms with van der Waals surface area (Å²) in [6, 6.07) is 4.52. The van der Waals surface area contributed by atoms with Crippen LogP contribution < -0.4 is 10.6 Å². The van der Waals surface area contributed by atoms with Crippen LogP contribution in [0.15, 0.2) is 27.7 Å². The number of benzene rings is 1. The van der Waals surface area contributed by atoms with Crippen molar-refractivity contribution in [1.82, 2.24) is 15.5 Å². The van der Waals surface area contributed by atoms with Gasteiger partial charge in [-0.1, -0.05) is 15.9 Å². The molecule has 142 valence electrons. The quantitative estimate of drug-likeness (QED) is 0.267. The predicted molar refractivity (Wildman–Crippen MR) is 104 cm³/mol. The molecule has 1 aliphatic heterocycles. The molecular weight excluding hydrogens is 519 g/mol. The van der Waals surface area contributed by atoms with Gasteiger partial charge in [-0.15, -0.1) is 24.0 Å². The molecular formula is C15H20BrF4IN4. The number of nitrogens with zero attached hydrogens (tertiary/aromatic N) is 2. The Labute approximate surface area is 169 Å². The Balaban J connectivity index is 0.00000312. The van der Waals surface area contributed by atoms with Gasteiger partial charge in [0.1, 0.15) is 5.82 Å². The van der Waals surface area contributed by atoms with Gasteiger partial charge in [0.05, 0.1) is 6.54 Å². The summed E-state index contributed by atoms with van der Waals surface area (Å²) >= 11 is 3.28. The van der Waals surface area contributed by atoms with Crippen LogP contribution in [0.5, 0.6) is 0 Å². The smallest absolute Gasteiger partial charge is 0.352 e. The van der Waals surface area contributed by atoms with Crippen molar-refractivity contribution in [2.24, 2.45) is 4.99 Å². The Bertz CT molecular complexity index is 597. The third-order valence-corrected chi connectivity index (χ3v) is 4.19. The minimum atomic E-state index is -4.19. The molecule has 0 amide bonds. The maximum absolute atomic E-state index is 13.7. The van der Waals surface area contributed by atoms with Crippen molar-refractivity contribution in [2.45, 2.75) is 25.2 Å². The van der Waals surface area contributed by atoms with Crippen molar-refractivity contribution < 1.29 is 17.6 Å². The van der Waals surface area contributed by atoms with Crippen LogP contribution in [-0.4, -0.2) is 49.8 Å². The molecule has 1 aliphatic rings. The highest BCUT2D eigenvalue weighted by Gasteiger charge is 2.34. The molecule has 25 heavy (non-hydrogen) atoms. The maximum Gasteiger partial charge on any atom is 0.401 e. The van der Waals surface area contributed by atoms with Crippen LogP contribution in [0.2, 0.25) is 0 Å². The van der Waals surface area contributed by atoms with E-state index in [4.69, 9.17) is 0 Å². The first kappa shape index (κ1) is 22.4. The first-order chi connectivity index (χ1) is 11.3. The van der Waals surface area contributed by atoms with Crippen molar-refractivity contribution in [3.63, 3.8) is 0 Å². The summed E-state index contributed by atoms with van der Waals surface area (Å²) < 4.78 is 51.7. The molecule has 0 radical (unpaired) electrons. The molecule has 0 saturated carbocycles. The highest BCUT2D eigenvalue weighted by molar-refractivity contribution is 14.0. The third-order valence-electron chi connectivity index (χ3n) is 3.69. The largest absolute Gasteiger partial charge is 0.401 e. The van der Waals surface area contributed by atoms with Gasteiger partial charge >= 0.3 is 6.18 Å². The van der Waals surface area contributed by atoms with Gasteiger partial charge in [0.15, 0.2) is 5.96 Å². The van der Waals surface area contributed by atoms with Gasteiger partial charge in [-0.3, -0.25) is 9.89 Å². The third kappa shape index (κ3) is 7.65. The Kier molecular flexibility index (Phi) is 8.89. The number of hydrogen-bond donors (Lipinski definition) is 2. The fraction of sp³-hybridized carbons (Fsp3) is 0.533. The SMILES string of the molecule is CN=C(NCc1cc(Br)ccc1F)NC1CCN(CC(F)(F)F)C1.I. The Hall–Kier alpha value is -0.620. The van der Waals surface area contributed by atoms with Crippen LogP contribution in [0.3, 0.4) is 0 Å². The van der Waals surface area contributed by atoms with Crippen LogP contribution in [0.25, 0.3) is 0 Å². The molecule has 0 aromatic heterocycles. The van der Waals surface area contributed by atoms with Gasteiger partial charge in [-0.25, -0.2) is 4.39 Å². The van der Waals surface area contributed by atoms with Crippen molar-refractivity contribution in [1.29, 1.82) is 0 Å². The van der Waals surface area contributed by atoms with E-state index in [2.05, 4.69) is 31.6 Å². The van der Waals surface area contributed by atoms with Crippen molar-refractivity contribution in [3.05, 3.63) is 34.1 Å². The van der Waals surface area contributed by atoms with E-state index in [9.17, 15) is 17.6 Å². The van der Waals surface area contributed by atoms with E-state index >= 15 is 0 Å². The lowest BCUT2D eigenvalue weighted by molar-refractivity contribution is -0.143. The molecule has 10 heteroatoms. The molecule has 1 heterocycles. The van der Waals surface area contributed by atoms with Crippen LogP contribution in [-0.2, 0) is 6.54 Å². The number of likely N-dealkylation sites (tertiary alicyclic amines) is 1. The average molecular weight is 539 g/mol. The van der Waals surface area contributed by atoms with Gasteiger partial charge in [-0.2, -0.15) is 13.2 Å². The number of nitrogens with one attached hydrogen (secondary N) is 2. The summed E-state index contributed by atoms with van der Waals surface area (Å²) in [5.74, 6) is 0.103. The highest BCUT2D eigenvalue weighted by atomic mass is 127. The standard InChI is InChI=1S/C15H19BrF4N4.HI/c1-21-14(22-7-10-6-11(16)2-3-13(10)17)23-12-4-5-24(8-12)9-15(18,19)20;/h2-3,6,12H,4-5,7-9H2,1H3,(H2,21,22,23);1H. The minimum Gasteiger partial charge on any atom is -0.352 e. The number of guanidine groups is 1. The summed E-state index contributed by atoms with van der Waals surface area (Å²) in [7, 11) is 1.56. The number of hydrogen-bond acceptors (Lipinski definition) is 2. The van der Waals surface area contributed by atoms with E-state index in [1.165, 1.54) is 11.0 Å². The second-order valence-electron chi connectivity index (χ2n) is 5.64. The van der Waals surface area contributed by atoms with E-state index in [1.54, 1.807) is 19.2 Å². The number of rotatable bonds is 4. The molecule has 0 spiro atoms. The lowest BCUT2D eigenvalue weighted by Crippen LogP contribution is -2.45. The molecule has 1 unspecified atom stereocenters. The second-order valence-corrected chi connectivity index (χ2v) is 6.56. The lowest BCUT2D eigenvalue weighted by atomic mass is 10.2. The molecule has 1 aromatic carbocycles. The fourth-order valence-electron chi connectivity index (χ4n) is 2.59. The maximum atomic E-state index is 13.7. The van der Waals surface area contributed by atoms with Gasteiger partial charge in [0.25, 0.3) is 0 Å². The van der Waals surface area contributed by atoms with Gasteiger partial charge in [0.2, 0.25) is 0 Å². The van der Waals surface area contributed by atoms with Crippen LogP contribution in [0.1, 0.15) is 12.0 Å². The van der Waals surface area contributed by atoms with E-state index in [1.807, 2.05) is 0 Å². The van der Waals surface area contributed by atoms with Crippen LogP contribution >= 0.6 is 39.9 Å². The summed E-state index contributed by atoms with van der Waals surface area (Å²) in [6.45, 7) is 0.00425. The second kappa shape index (κ2) is 9.91. The number of halogens is 6. The molecule has 1 saturated heterocycles. The Morgan fingerprint density at radius 1 is 1.40 bits per heavy atom. The summed E-state index contributed by atoms with van der Waals surface area (Å²) in [5, 5.41) is 6.06. The van der Waals surface area contributed by atoms with Crippen molar-refractivity contribution >= 4 is 45.9 Å². The first-order valence-electron chi connectivity index (χ1n) is 7.47. The highest BCUT2D eigenvalue weighted by Crippen LogP contribution is 2.20. The number of aliphatic imine (C=N–C) groups is 1. The fourth-order valence-corrected chi connectivity index (χ4v) is 3.00. The van der Waals surface area contributed by atoms with E-state index in [0.717, 1.165) is 4.47 Å². The van der Waals surface area contributed by atoms with Gasteiger partial charge in [0, 0.05) is 42.8 Å². The molecule has 1 aromatic rings.